The van der Waals surface area contributed by atoms with Gasteiger partial charge in [0.15, 0.2) is 0 Å². The maximum atomic E-state index is 11.3. The van der Waals surface area contributed by atoms with E-state index in [1.807, 2.05) is 12.1 Å². The summed E-state index contributed by atoms with van der Waals surface area (Å²) in [5.74, 6) is -0.162. The summed E-state index contributed by atoms with van der Waals surface area (Å²) in [5, 5.41) is 0. The smallest absolute Gasteiger partial charge is 0.309 e. The lowest BCUT2D eigenvalue weighted by atomic mass is 9.94. The highest BCUT2D eigenvalue weighted by molar-refractivity contribution is 14.1. The summed E-state index contributed by atoms with van der Waals surface area (Å²) in [6.07, 6.45) is 1.41. The van der Waals surface area contributed by atoms with E-state index in [4.69, 9.17) is 4.74 Å². The SMILES string of the molecule is COC(=O)Cc1cccc2c1CCN(I)C2. The predicted octanol–water partition coefficient (Wildman–Crippen LogP) is 2.11. The highest BCUT2D eigenvalue weighted by Crippen LogP contribution is 2.24. The Labute approximate surface area is 109 Å². The fourth-order valence-electron chi connectivity index (χ4n) is 2.05. The average molecular weight is 331 g/mol. The largest absolute Gasteiger partial charge is 0.469 e. The molecule has 0 fully saturated rings. The second-order valence-electron chi connectivity index (χ2n) is 3.90. The Bertz CT molecular complexity index is 406. The van der Waals surface area contributed by atoms with Crippen molar-refractivity contribution >= 4 is 28.8 Å². The van der Waals surface area contributed by atoms with Gasteiger partial charge in [-0.25, -0.2) is 3.11 Å². The van der Waals surface area contributed by atoms with Crippen molar-refractivity contribution in [2.45, 2.75) is 19.4 Å². The highest BCUT2D eigenvalue weighted by Gasteiger charge is 2.18. The number of methoxy groups -OCH3 is 1. The van der Waals surface area contributed by atoms with Crippen molar-refractivity contribution < 1.29 is 9.53 Å². The molecule has 1 heterocycles. The number of benzene rings is 1. The monoisotopic (exact) mass is 331 g/mol. The molecule has 0 amide bonds. The first-order chi connectivity index (χ1) is 7.70. The summed E-state index contributed by atoms with van der Waals surface area (Å²) >= 11 is 2.34. The summed E-state index contributed by atoms with van der Waals surface area (Å²) in [6.45, 7) is 2.01. The number of halogens is 1. The lowest BCUT2D eigenvalue weighted by Crippen LogP contribution is -2.23. The molecule has 1 aliphatic heterocycles. The van der Waals surface area contributed by atoms with Crippen LogP contribution < -0.4 is 0 Å². The Morgan fingerprint density at radius 2 is 2.38 bits per heavy atom. The van der Waals surface area contributed by atoms with Crippen LogP contribution >= 0.6 is 22.9 Å². The van der Waals surface area contributed by atoms with Gasteiger partial charge in [-0.1, -0.05) is 18.2 Å². The molecule has 1 aromatic rings. The number of carbonyl (C=O) groups is 1. The Kier molecular flexibility index (Phi) is 3.81. The van der Waals surface area contributed by atoms with Gasteiger partial charge in [-0.3, -0.25) is 4.79 Å². The fraction of sp³-hybridized carbons (Fsp3) is 0.417. The van der Waals surface area contributed by atoms with Crippen molar-refractivity contribution in [2.24, 2.45) is 0 Å². The van der Waals surface area contributed by atoms with Gasteiger partial charge >= 0.3 is 5.97 Å². The highest BCUT2D eigenvalue weighted by atomic mass is 127. The minimum absolute atomic E-state index is 0.162. The first-order valence-corrected chi connectivity index (χ1v) is 6.24. The molecule has 16 heavy (non-hydrogen) atoms. The van der Waals surface area contributed by atoms with Gasteiger partial charge in [0, 0.05) is 36.0 Å². The quantitative estimate of drug-likeness (QED) is 0.472. The molecule has 1 aromatic carbocycles. The molecule has 0 spiro atoms. The minimum atomic E-state index is -0.162. The molecular formula is C12H14INO2. The molecular weight excluding hydrogens is 317 g/mol. The second kappa shape index (κ2) is 5.14. The molecule has 2 rings (SSSR count). The van der Waals surface area contributed by atoms with Gasteiger partial charge in [-0.05, 0) is 23.1 Å². The zero-order valence-electron chi connectivity index (χ0n) is 9.20. The molecule has 0 unspecified atom stereocenters. The molecule has 4 heteroatoms. The maximum absolute atomic E-state index is 11.3. The second-order valence-corrected chi connectivity index (χ2v) is 5.27. The normalized spacial score (nSPS) is 15.6. The molecule has 86 valence electrons. The molecule has 0 N–H and O–H groups in total. The molecule has 0 atom stereocenters. The topological polar surface area (TPSA) is 29.5 Å². The predicted molar refractivity (Wildman–Crippen MR) is 70.3 cm³/mol. The van der Waals surface area contributed by atoms with E-state index in [2.05, 4.69) is 32.0 Å². The van der Waals surface area contributed by atoms with Crippen molar-refractivity contribution in [1.82, 2.24) is 3.11 Å². The summed E-state index contributed by atoms with van der Waals surface area (Å²) in [4.78, 5) is 11.3. The first kappa shape index (κ1) is 11.9. The van der Waals surface area contributed by atoms with Crippen LogP contribution in [0, 0.1) is 0 Å². The van der Waals surface area contributed by atoms with E-state index in [1.54, 1.807) is 0 Å². The molecule has 0 bridgehead atoms. The van der Waals surface area contributed by atoms with Gasteiger partial charge in [0.05, 0.1) is 13.5 Å². The molecule has 0 aromatic heterocycles. The third-order valence-electron chi connectivity index (χ3n) is 2.88. The summed E-state index contributed by atoms with van der Waals surface area (Å²) in [5.41, 5.74) is 3.79. The number of esters is 1. The van der Waals surface area contributed by atoms with Gasteiger partial charge in [0.2, 0.25) is 0 Å². The molecule has 0 aliphatic carbocycles. The van der Waals surface area contributed by atoms with Crippen molar-refractivity contribution in [3.05, 3.63) is 34.9 Å². The van der Waals surface area contributed by atoms with Crippen LogP contribution in [0.2, 0.25) is 0 Å². The third kappa shape index (κ3) is 2.55. The van der Waals surface area contributed by atoms with Crippen molar-refractivity contribution in [1.29, 1.82) is 0 Å². The Morgan fingerprint density at radius 3 is 3.12 bits per heavy atom. The van der Waals surface area contributed by atoms with Crippen LogP contribution in [0.1, 0.15) is 16.7 Å². The van der Waals surface area contributed by atoms with Gasteiger partial charge in [-0.2, -0.15) is 0 Å². The number of rotatable bonds is 2. The number of ether oxygens (including phenoxy) is 1. The van der Waals surface area contributed by atoms with Crippen LogP contribution in [0.5, 0.6) is 0 Å². The minimum Gasteiger partial charge on any atom is -0.469 e. The molecule has 0 saturated carbocycles. The van der Waals surface area contributed by atoms with Crippen LogP contribution in [-0.2, 0) is 28.9 Å². The van der Waals surface area contributed by atoms with Gasteiger partial charge in [0.1, 0.15) is 0 Å². The van der Waals surface area contributed by atoms with Crippen molar-refractivity contribution in [3.8, 4) is 0 Å². The average Bonchev–Trinajstić information content (AvgIpc) is 2.28. The number of hydrogen-bond donors (Lipinski definition) is 0. The number of fused-ring (bicyclic) bond motifs is 1. The lowest BCUT2D eigenvalue weighted by molar-refractivity contribution is -0.139. The standard InChI is InChI=1S/C12H14INO2/c1-16-12(15)7-9-3-2-4-10-8-14(13)6-5-11(9)10/h2-4H,5-8H2,1H3. The third-order valence-corrected chi connectivity index (χ3v) is 3.70. The van der Waals surface area contributed by atoms with Crippen LogP contribution in [-0.4, -0.2) is 22.7 Å². The zero-order chi connectivity index (χ0) is 11.5. The van der Waals surface area contributed by atoms with E-state index in [0.717, 1.165) is 25.1 Å². The van der Waals surface area contributed by atoms with Crippen molar-refractivity contribution in [3.63, 3.8) is 0 Å². The fourth-order valence-corrected chi connectivity index (χ4v) is 2.66. The van der Waals surface area contributed by atoms with Crippen LogP contribution in [0.3, 0.4) is 0 Å². The van der Waals surface area contributed by atoms with E-state index in [1.165, 1.54) is 18.2 Å². The van der Waals surface area contributed by atoms with Gasteiger partial charge in [0.25, 0.3) is 0 Å². The van der Waals surface area contributed by atoms with Gasteiger partial charge < -0.3 is 4.74 Å². The van der Waals surface area contributed by atoms with Crippen LogP contribution in [0.15, 0.2) is 18.2 Å². The number of hydrogen-bond acceptors (Lipinski definition) is 3. The maximum Gasteiger partial charge on any atom is 0.309 e. The first-order valence-electron chi connectivity index (χ1n) is 5.28. The lowest BCUT2D eigenvalue weighted by Gasteiger charge is -2.25. The van der Waals surface area contributed by atoms with Crippen molar-refractivity contribution in [2.75, 3.05) is 13.7 Å². The summed E-state index contributed by atoms with van der Waals surface area (Å²) in [6, 6.07) is 6.19. The van der Waals surface area contributed by atoms with E-state index in [-0.39, 0.29) is 5.97 Å². The molecule has 1 aliphatic rings. The summed E-state index contributed by atoms with van der Waals surface area (Å²) < 4.78 is 6.98. The molecule has 0 saturated heterocycles. The number of carbonyl (C=O) groups excluding carboxylic acids is 1. The van der Waals surface area contributed by atoms with Crippen LogP contribution in [0.25, 0.3) is 0 Å². The van der Waals surface area contributed by atoms with E-state index < -0.39 is 0 Å². The summed E-state index contributed by atoms with van der Waals surface area (Å²) in [7, 11) is 1.43. The number of nitrogens with zero attached hydrogens (tertiary/aromatic N) is 1. The Hall–Kier alpha value is -0.620. The van der Waals surface area contributed by atoms with E-state index in [0.29, 0.717) is 6.42 Å². The molecule has 3 nitrogen and oxygen atoms in total. The van der Waals surface area contributed by atoms with Gasteiger partial charge in [-0.15, -0.1) is 0 Å². The van der Waals surface area contributed by atoms with E-state index >= 15 is 0 Å². The molecule has 0 radical (unpaired) electrons. The Morgan fingerprint density at radius 1 is 1.56 bits per heavy atom. The Balaban J connectivity index is 2.26. The zero-order valence-corrected chi connectivity index (χ0v) is 11.4. The van der Waals surface area contributed by atoms with E-state index in [9.17, 15) is 4.79 Å². The van der Waals surface area contributed by atoms with Crippen LogP contribution in [0.4, 0.5) is 0 Å².